The highest BCUT2D eigenvalue weighted by Crippen LogP contribution is 2.26. The molecule has 1 aliphatic rings. The molecule has 1 aromatic rings. The van der Waals surface area contributed by atoms with Crippen molar-refractivity contribution in [3.63, 3.8) is 0 Å². The number of thiol groups is 1. The number of hydrogen-bond donors (Lipinski definition) is 2. The third-order valence-electron chi connectivity index (χ3n) is 3.35. The van der Waals surface area contributed by atoms with Crippen LogP contribution in [0.15, 0.2) is 29.2 Å². The minimum Gasteiger partial charge on any atom is -0.488 e. The van der Waals surface area contributed by atoms with Gasteiger partial charge in [-0.1, -0.05) is 0 Å². The van der Waals surface area contributed by atoms with E-state index in [0.29, 0.717) is 12.2 Å². The van der Waals surface area contributed by atoms with Gasteiger partial charge in [0.15, 0.2) is 6.04 Å². The van der Waals surface area contributed by atoms with Gasteiger partial charge in [-0.05, 0) is 45.0 Å². The molecule has 1 aliphatic heterocycles. The van der Waals surface area contributed by atoms with Crippen LogP contribution in [0, 0.1) is 0 Å². The van der Waals surface area contributed by atoms with Gasteiger partial charge in [0.1, 0.15) is 17.5 Å². The molecular weight excluding hydrogens is 318 g/mol. The first-order valence-electron chi connectivity index (χ1n) is 7.35. The first-order valence-corrected chi connectivity index (χ1v) is 7.80. The van der Waals surface area contributed by atoms with Crippen molar-refractivity contribution < 1.29 is 24.2 Å². The molecule has 1 aromatic carbocycles. The van der Waals surface area contributed by atoms with Crippen molar-refractivity contribution in [1.82, 2.24) is 4.90 Å². The van der Waals surface area contributed by atoms with E-state index in [1.807, 2.05) is 0 Å². The fourth-order valence-corrected chi connectivity index (χ4v) is 2.55. The van der Waals surface area contributed by atoms with Crippen LogP contribution in [0.2, 0.25) is 0 Å². The Morgan fingerprint density at radius 1 is 1.26 bits per heavy atom. The predicted molar refractivity (Wildman–Crippen MR) is 87.1 cm³/mol. The van der Waals surface area contributed by atoms with Crippen LogP contribution in [0.25, 0.3) is 0 Å². The van der Waals surface area contributed by atoms with Crippen molar-refractivity contribution in [1.29, 1.82) is 0 Å². The van der Waals surface area contributed by atoms with E-state index in [1.165, 1.54) is 4.90 Å². The number of carboxylic acids is 1. The number of nitrogens with zero attached hydrogens (tertiary/aromatic N) is 1. The second-order valence-electron chi connectivity index (χ2n) is 6.40. The third kappa shape index (κ3) is 4.54. The predicted octanol–water partition coefficient (Wildman–Crippen LogP) is 2.82. The van der Waals surface area contributed by atoms with E-state index in [1.54, 1.807) is 45.0 Å². The Bertz CT molecular complexity index is 581. The zero-order chi connectivity index (χ0) is 17.2. The van der Waals surface area contributed by atoms with Crippen LogP contribution in [-0.2, 0) is 9.53 Å². The van der Waals surface area contributed by atoms with Crippen LogP contribution in [-0.4, -0.2) is 46.4 Å². The number of amides is 1. The summed E-state index contributed by atoms with van der Waals surface area (Å²) in [6.07, 6.45) is -0.828. The van der Waals surface area contributed by atoms with Gasteiger partial charge >= 0.3 is 12.1 Å². The Morgan fingerprint density at radius 2 is 1.87 bits per heavy atom. The number of carbonyl (C=O) groups excluding carboxylic acids is 1. The Morgan fingerprint density at radius 3 is 2.39 bits per heavy atom. The monoisotopic (exact) mass is 339 g/mol. The van der Waals surface area contributed by atoms with Crippen LogP contribution < -0.4 is 4.74 Å². The molecule has 7 heteroatoms. The average Bonchev–Trinajstić information content (AvgIpc) is 2.83. The van der Waals surface area contributed by atoms with E-state index in [4.69, 9.17) is 9.47 Å². The molecule has 0 radical (unpaired) electrons. The summed E-state index contributed by atoms with van der Waals surface area (Å²) in [7, 11) is 0. The van der Waals surface area contributed by atoms with Gasteiger partial charge in [0.05, 0.1) is 0 Å². The highest BCUT2D eigenvalue weighted by molar-refractivity contribution is 7.80. The van der Waals surface area contributed by atoms with E-state index in [2.05, 4.69) is 12.6 Å². The Balaban J connectivity index is 2.11. The standard InChI is InChI=1S/C16H21NO5S/c1-16(2,3)22-15(20)17-9-8-12(13(17)14(18)19)21-10-4-6-11(23)7-5-10/h4-7,12-13,23H,8-9H2,1-3H3,(H,18,19)/t12-,13-/m0/s1. The zero-order valence-electron chi connectivity index (χ0n) is 13.4. The molecule has 1 N–H and O–H groups in total. The number of carbonyl (C=O) groups is 2. The first-order chi connectivity index (χ1) is 10.7. The lowest BCUT2D eigenvalue weighted by atomic mass is 10.1. The second-order valence-corrected chi connectivity index (χ2v) is 6.91. The largest absolute Gasteiger partial charge is 0.488 e. The minimum atomic E-state index is -1.11. The summed E-state index contributed by atoms with van der Waals surface area (Å²) in [5.41, 5.74) is -0.679. The minimum absolute atomic E-state index is 0.279. The molecule has 1 fully saturated rings. The molecule has 0 unspecified atom stereocenters. The van der Waals surface area contributed by atoms with E-state index in [-0.39, 0.29) is 6.54 Å². The molecule has 1 heterocycles. The molecule has 126 valence electrons. The number of rotatable bonds is 3. The summed E-state index contributed by atoms with van der Waals surface area (Å²) >= 11 is 4.19. The topological polar surface area (TPSA) is 76.1 Å². The second kappa shape index (κ2) is 6.70. The molecule has 0 saturated carbocycles. The fraction of sp³-hybridized carbons (Fsp3) is 0.500. The molecule has 1 amide bonds. The highest BCUT2D eigenvalue weighted by atomic mass is 32.1. The molecule has 1 saturated heterocycles. The van der Waals surface area contributed by atoms with E-state index >= 15 is 0 Å². The Hall–Kier alpha value is -1.89. The van der Waals surface area contributed by atoms with Crippen molar-refractivity contribution in [3.05, 3.63) is 24.3 Å². The van der Waals surface area contributed by atoms with Crippen molar-refractivity contribution in [2.24, 2.45) is 0 Å². The van der Waals surface area contributed by atoms with Gasteiger partial charge in [0.25, 0.3) is 0 Å². The Kier molecular flexibility index (Phi) is 5.09. The van der Waals surface area contributed by atoms with Gasteiger partial charge in [-0.2, -0.15) is 0 Å². The average molecular weight is 339 g/mol. The van der Waals surface area contributed by atoms with Crippen LogP contribution in [0.5, 0.6) is 5.75 Å². The van der Waals surface area contributed by atoms with Crippen molar-refractivity contribution in [2.75, 3.05) is 6.54 Å². The summed E-state index contributed by atoms with van der Waals surface area (Å²) in [6, 6.07) is 5.89. The molecule has 0 aromatic heterocycles. The number of likely N-dealkylation sites (tertiary alicyclic amines) is 1. The van der Waals surface area contributed by atoms with Gasteiger partial charge in [-0.15, -0.1) is 12.6 Å². The van der Waals surface area contributed by atoms with Crippen LogP contribution in [0.4, 0.5) is 4.79 Å². The molecule has 2 atom stereocenters. The maximum atomic E-state index is 12.2. The van der Waals surface area contributed by atoms with Gasteiger partial charge in [-0.3, -0.25) is 4.90 Å². The van der Waals surface area contributed by atoms with Crippen LogP contribution in [0.3, 0.4) is 0 Å². The lowest BCUT2D eigenvalue weighted by molar-refractivity contribution is -0.144. The summed E-state index contributed by atoms with van der Waals surface area (Å²) in [4.78, 5) is 25.8. The van der Waals surface area contributed by atoms with E-state index in [0.717, 1.165) is 4.90 Å². The molecule has 2 rings (SSSR count). The van der Waals surface area contributed by atoms with Crippen molar-refractivity contribution in [2.45, 2.75) is 49.8 Å². The van der Waals surface area contributed by atoms with Gasteiger partial charge < -0.3 is 14.6 Å². The van der Waals surface area contributed by atoms with Crippen LogP contribution >= 0.6 is 12.6 Å². The van der Waals surface area contributed by atoms with E-state index < -0.39 is 29.8 Å². The molecule has 6 nitrogen and oxygen atoms in total. The SMILES string of the molecule is CC(C)(C)OC(=O)N1CC[C@H](Oc2ccc(S)cc2)[C@H]1C(=O)O. The van der Waals surface area contributed by atoms with Crippen LogP contribution in [0.1, 0.15) is 27.2 Å². The number of aliphatic carboxylic acids is 1. The quantitative estimate of drug-likeness (QED) is 0.828. The zero-order valence-corrected chi connectivity index (χ0v) is 14.2. The fourth-order valence-electron chi connectivity index (χ4n) is 2.40. The number of hydrogen-bond acceptors (Lipinski definition) is 5. The smallest absolute Gasteiger partial charge is 0.411 e. The highest BCUT2D eigenvalue weighted by Gasteiger charge is 2.45. The van der Waals surface area contributed by atoms with Gasteiger partial charge in [0.2, 0.25) is 0 Å². The molecule has 23 heavy (non-hydrogen) atoms. The van der Waals surface area contributed by atoms with Gasteiger partial charge in [0, 0.05) is 17.9 Å². The maximum Gasteiger partial charge on any atom is 0.411 e. The summed E-state index contributed by atoms with van der Waals surface area (Å²) in [6.45, 7) is 5.50. The Labute approximate surface area is 140 Å². The van der Waals surface area contributed by atoms with E-state index in [9.17, 15) is 14.7 Å². The lowest BCUT2D eigenvalue weighted by Gasteiger charge is -2.28. The number of ether oxygens (including phenoxy) is 2. The summed E-state index contributed by atoms with van der Waals surface area (Å²) in [5.74, 6) is -0.561. The normalized spacial score (nSPS) is 21.1. The summed E-state index contributed by atoms with van der Waals surface area (Å²) in [5, 5.41) is 9.48. The third-order valence-corrected chi connectivity index (χ3v) is 3.65. The number of carboxylic acid groups (broad SMARTS) is 1. The van der Waals surface area contributed by atoms with Gasteiger partial charge in [-0.25, -0.2) is 9.59 Å². The lowest BCUT2D eigenvalue weighted by Crippen LogP contribution is -2.48. The molecule has 0 bridgehead atoms. The maximum absolute atomic E-state index is 12.2. The molecule has 0 aliphatic carbocycles. The number of benzene rings is 1. The summed E-state index contributed by atoms with van der Waals surface area (Å²) < 4.78 is 11.0. The van der Waals surface area contributed by atoms with Crippen molar-refractivity contribution >= 4 is 24.7 Å². The van der Waals surface area contributed by atoms with Crippen molar-refractivity contribution in [3.8, 4) is 5.75 Å². The molecule has 0 spiro atoms. The molecular formula is C16H21NO5S. The first kappa shape index (κ1) is 17.5.